The molecule has 0 aromatic heterocycles. The predicted molar refractivity (Wildman–Crippen MR) is 44.4 cm³/mol. The van der Waals surface area contributed by atoms with Gasteiger partial charge in [0.2, 0.25) is 0 Å². The van der Waals surface area contributed by atoms with Gasteiger partial charge in [0.1, 0.15) is 0 Å². The van der Waals surface area contributed by atoms with Crippen molar-refractivity contribution in [1.82, 2.24) is 4.90 Å². The molecule has 1 heterocycles. The molecule has 0 aliphatic carbocycles. The van der Waals surface area contributed by atoms with Crippen LogP contribution in [-0.4, -0.2) is 37.6 Å². The average Bonchev–Trinajstić information content (AvgIpc) is 1.88. The molecular weight excluding hydrogens is 163 g/mol. The van der Waals surface area contributed by atoms with Crippen molar-refractivity contribution in [2.24, 2.45) is 5.92 Å². The van der Waals surface area contributed by atoms with Crippen LogP contribution in [0.2, 0.25) is 0 Å². The van der Waals surface area contributed by atoms with Crippen molar-refractivity contribution < 1.29 is 51.4 Å². The maximum Gasteiger partial charge on any atom is 1.00 e. The van der Waals surface area contributed by atoms with Gasteiger partial charge in [0.15, 0.2) is 0 Å². The van der Waals surface area contributed by atoms with Crippen molar-refractivity contribution in [3.8, 4) is 0 Å². The zero-order valence-corrected chi connectivity index (χ0v) is 11.1. The van der Waals surface area contributed by atoms with E-state index in [9.17, 15) is 0 Å². The Morgan fingerprint density at radius 3 is 2.27 bits per heavy atom. The summed E-state index contributed by atoms with van der Waals surface area (Å²) in [5, 5.41) is 4.29. The summed E-state index contributed by atoms with van der Waals surface area (Å²) in [5.41, 5.74) is 0. The summed E-state index contributed by atoms with van der Waals surface area (Å²) in [4.78, 5) is 2.50. The van der Waals surface area contributed by atoms with E-state index in [-0.39, 0.29) is 51.4 Å². The van der Waals surface area contributed by atoms with Crippen LogP contribution in [0.25, 0.3) is 5.32 Å². The summed E-state index contributed by atoms with van der Waals surface area (Å²) in [6, 6.07) is 0. The second-order valence-corrected chi connectivity index (χ2v) is 3.37. The van der Waals surface area contributed by atoms with Crippen LogP contribution in [0, 0.1) is 5.92 Å². The van der Waals surface area contributed by atoms with Crippen molar-refractivity contribution in [1.29, 1.82) is 0 Å². The van der Waals surface area contributed by atoms with Crippen LogP contribution in [0.4, 0.5) is 0 Å². The van der Waals surface area contributed by atoms with Crippen molar-refractivity contribution in [2.45, 2.75) is 13.8 Å². The maximum atomic E-state index is 4.29. The van der Waals surface area contributed by atoms with E-state index in [0.29, 0.717) is 0 Å². The molecule has 0 radical (unpaired) electrons. The van der Waals surface area contributed by atoms with Gasteiger partial charge in [-0.1, -0.05) is 13.8 Å². The predicted octanol–water partition coefficient (Wildman–Crippen LogP) is -1.66. The van der Waals surface area contributed by atoms with Gasteiger partial charge in [0, 0.05) is 6.54 Å². The molecule has 0 atom stereocenters. The van der Waals surface area contributed by atoms with Crippen molar-refractivity contribution in [2.75, 3.05) is 32.7 Å². The molecule has 1 aliphatic heterocycles. The molecule has 0 spiro atoms. The molecule has 0 bridgehead atoms. The van der Waals surface area contributed by atoms with Crippen molar-refractivity contribution in [3.05, 3.63) is 5.32 Å². The topological polar surface area (TPSA) is 17.3 Å². The van der Waals surface area contributed by atoms with E-state index < -0.39 is 0 Å². The third kappa shape index (κ3) is 5.74. The van der Waals surface area contributed by atoms with Crippen LogP contribution in [0.3, 0.4) is 0 Å². The Morgan fingerprint density at radius 2 is 1.82 bits per heavy atom. The van der Waals surface area contributed by atoms with Crippen LogP contribution in [0.15, 0.2) is 0 Å². The summed E-state index contributed by atoms with van der Waals surface area (Å²) in [5.74, 6) is 0.804. The van der Waals surface area contributed by atoms with Crippen LogP contribution < -0.4 is 51.4 Å². The molecule has 0 saturated carbocycles. The minimum Gasteiger partial charge on any atom is -0.660 e. The quantitative estimate of drug-likeness (QED) is 0.465. The van der Waals surface area contributed by atoms with Crippen LogP contribution in [0.1, 0.15) is 13.8 Å². The number of hydrogen-bond donors (Lipinski definition) is 0. The summed E-state index contributed by atoms with van der Waals surface area (Å²) >= 11 is 0. The Morgan fingerprint density at radius 1 is 1.27 bits per heavy atom. The summed E-state index contributed by atoms with van der Waals surface area (Å²) in [7, 11) is 0. The third-order valence-corrected chi connectivity index (χ3v) is 1.77. The largest absolute Gasteiger partial charge is 1.00 e. The SMILES string of the molecule is CC(C)CN1CC[N-]CC1.[K+]. The zero-order chi connectivity index (χ0) is 7.40. The van der Waals surface area contributed by atoms with Gasteiger partial charge >= 0.3 is 51.4 Å². The van der Waals surface area contributed by atoms with Gasteiger partial charge in [0.25, 0.3) is 0 Å². The fraction of sp³-hybridized carbons (Fsp3) is 1.00. The first-order valence-electron chi connectivity index (χ1n) is 4.14. The Hall–Kier alpha value is 1.56. The molecule has 0 unspecified atom stereocenters. The Kier molecular flexibility index (Phi) is 8.00. The molecule has 60 valence electrons. The van der Waals surface area contributed by atoms with Crippen LogP contribution >= 0.6 is 0 Å². The molecule has 0 amide bonds. The second kappa shape index (κ2) is 7.01. The zero-order valence-electron chi connectivity index (χ0n) is 8.01. The molecule has 3 heteroatoms. The van der Waals surface area contributed by atoms with Crippen LogP contribution in [-0.2, 0) is 0 Å². The first kappa shape index (κ1) is 12.6. The fourth-order valence-corrected chi connectivity index (χ4v) is 1.35. The second-order valence-electron chi connectivity index (χ2n) is 3.37. The monoisotopic (exact) mass is 180 g/mol. The number of rotatable bonds is 2. The van der Waals surface area contributed by atoms with Gasteiger partial charge in [-0.2, -0.15) is 0 Å². The van der Waals surface area contributed by atoms with E-state index in [2.05, 4.69) is 24.1 Å². The number of piperazine rings is 1. The van der Waals surface area contributed by atoms with E-state index in [0.717, 1.165) is 19.0 Å². The molecule has 0 aromatic rings. The first-order valence-corrected chi connectivity index (χ1v) is 4.14. The average molecular weight is 180 g/mol. The summed E-state index contributed by atoms with van der Waals surface area (Å²) < 4.78 is 0. The van der Waals surface area contributed by atoms with Gasteiger partial charge in [-0.3, -0.25) is 0 Å². The maximum absolute atomic E-state index is 4.29. The number of hydrogen-bond acceptors (Lipinski definition) is 1. The molecule has 11 heavy (non-hydrogen) atoms. The van der Waals surface area contributed by atoms with E-state index in [1.54, 1.807) is 0 Å². The third-order valence-electron chi connectivity index (χ3n) is 1.77. The van der Waals surface area contributed by atoms with Crippen molar-refractivity contribution in [3.63, 3.8) is 0 Å². The Balaban J connectivity index is 0.000001000. The normalized spacial score (nSPS) is 19.9. The molecule has 0 N–H and O–H groups in total. The standard InChI is InChI=1S/C8H17N2.K/c1-8(2)7-10-5-3-9-4-6-10;/h8H,3-7H2,1-2H3;/q-1;+1. The smallest absolute Gasteiger partial charge is 0.660 e. The molecule has 1 rings (SSSR count). The van der Waals surface area contributed by atoms with Gasteiger partial charge in [0.05, 0.1) is 0 Å². The van der Waals surface area contributed by atoms with Crippen LogP contribution in [0.5, 0.6) is 0 Å². The van der Waals surface area contributed by atoms with E-state index in [1.165, 1.54) is 19.6 Å². The fourth-order valence-electron chi connectivity index (χ4n) is 1.35. The van der Waals surface area contributed by atoms with Crippen molar-refractivity contribution >= 4 is 0 Å². The minimum absolute atomic E-state index is 0. The first-order chi connectivity index (χ1) is 4.79. The molecule has 2 nitrogen and oxygen atoms in total. The van der Waals surface area contributed by atoms with E-state index in [1.807, 2.05) is 0 Å². The molecule has 0 aromatic carbocycles. The summed E-state index contributed by atoms with van der Waals surface area (Å²) in [6.07, 6.45) is 0. The van der Waals surface area contributed by atoms with Gasteiger partial charge in [-0.15, -0.1) is 13.1 Å². The minimum atomic E-state index is 0. The van der Waals surface area contributed by atoms with Gasteiger partial charge in [-0.05, 0) is 19.0 Å². The molecule has 1 aliphatic rings. The molecular formula is C8H17KN2. The molecule has 1 fully saturated rings. The molecule has 1 saturated heterocycles. The summed E-state index contributed by atoms with van der Waals surface area (Å²) in [6.45, 7) is 10.2. The Labute approximate surface area is 113 Å². The van der Waals surface area contributed by atoms with E-state index >= 15 is 0 Å². The van der Waals surface area contributed by atoms with Gasteiger partial charge < -0.3 is 10.2 Å². The van der Waals surface area contributed by atoms with Gasteiger partial charge in [-0.25, -0.2) is 0 Å². The Bertz CT molecular complexity index is 90.1. The number of nitrogens with zero attached hydrogens (tertiary/aromatic N) is 2. The van der Waals surface area contributed by atoms with E-state index in [4.69, 9.17) is 0 Å².